The van der Waals surface area contributed by atoms with E-state index in [0.717, 1.165) is 38.5 Å². The molecule has 7 N–H and O–H groups in total. The molecule has 1 aliphatic rings. The molecule has 0 spiro atoms. The minimum absolute atomic E-state index is 0.241. The minimum atomic E-state index is -5.12. The van der Waals surface area contributed by atoms with Crippen molar-refractivity contribution >= 4 is 16.3 Å². The molecule has 0 aromatic rings. The highest BCUT2D eigenvalue weighted by Gasteiger charge is 2.48. The number of hydrogen-bond donors (Lipinski definition) is 7. The molecule has 390 valence electrons. The van der Waals surface area contributed by atoms with E-state index in [0.29, 0.717) is 12.8 Å². The highest BCUT2D eigenvalue weighted by Crippen LogP contribution is 2.26. The smallest absolute Gasteiger partial charge is 0.394 e. The fourth-order valence-corrected chi connectivity index (χ4v) is 9.10. The summed E-state index contributed by atoms with van der Waals surface area (Å²) in [6, 6.07) is -1.13. The van der Waals surface area contributed by atoms with Crippen LogP contribution in [0.4, 0.5) is 0 Å². The second-order valence-corrected chi connectivity index (χ2v) is 20.0. The van der Waals surface area contributed by atoms with Gasteiger partial charge in [0, 0.05) is 0 Å². The van der Waals surface area contributed by atoms with E-state index in [2.05, 4.69) is 35.5 Å². The Balaban J connectivity index is 2.51. The standard InChI is InChI=1S/C52H99NO12S/c1-3-5-7-9-11-13-15-17-19-21-22-23-25-26-28-30-32-34-36-38-40-45(55)44(43-63-52-49(58)50(65-66(60,61)62)48(57)47(42-54)64-52)53-51(59)46(56)41-39-37-35-33-31-29-27-24-20-18-16-14-12-10-8-6-4-2/h30,32,38,40,44-50,52,54-58H,3-29,31,33-37,39,41-43H2,1-2H3,(H,53,59)(H,60,61,62)/b32-30+,40-38+. The highest BCUT2D eigenvalue weighted by molar-refractivity contribution is 7.80. The van der Waals surface area contributed by atoms with Crippen LogP contribution in [0.2, 0.25) is 0 Å². The summed E-state index contributed by atoms with van der Waals surface area (Å²) < 4.78 is 47.6. The normalized spacial score (nSPS) is 20.6. The van der Waals surface area contributed by atoms with Crippen molar-refractivity contribution in [3.63, 3.8) is 0 Å². The first kappa shape index (κ1) is 62.6. The molecule has 0 radical (unpaired) electrons. The van der Waals surface area contributed by atoms with E-state index in [1.807, 2.05) is 0 Å². The van der Waals surface area contributed by atoms with Gasteiger partial charge in [-0.25, -0.2) is 4.18 Å². The van der Waals surface area contributed by atoms with Crippen molar-refractivity contribution in [3.8, 4) is 0 Å². The van der Waals surface area contributed by atoms with E-state index in [4.69, 9.17) is 9.47 Å². The Morgan fingerprint density at radius 2 is 1.02 bits per heavy atom. The number of aliphatic hydroxyl groups is 5. The first-order valence-electron chi connectivity index (χ1n) is 26.8. The number of hydrogen-bond acceptors (Lipinski definition) is 11. The molecule has 1 fully saturated rings. The maximum atomic E-state index is 13.2. The van der Waals surface area contributed by atoms with Crippen LogP contribution in [-0.4, -0.2) is 107 Å². The third-order valence-electron chi connectivity index (χ3n) is 12.8. The summed E-state index contributed by atoms with van der Waals surface area (Å²) >= 11 is 0. The second-order valence-electron chi connectivity index (χ2n) is 19.0. The lowest BCUT2D eigenvalue weighted by atomic mass is 9.99. The maximum Gasteiger partial charge on any atom is 0.397 e. The van der Waals surface area contributed by atoms with Gasteiger partial charge in [0.1, 0.15) is 30.5 Å². The molecular formula is C52H99NO12S. The Morgan fingerprint density at radius 3 is 1.45 bits per heavy atom. The highest BCUT2D eigenvalue weighted by atomic mass is 32.3. The number of amides is 1. The molecule has 0 aliphatic carbocycles. The fourth-order valence-electron chi connectivity index (χ4n) is 8.60. The lowest BCUT2D eigenvalue weighted by Gasteiger charge is -2.41. The number of allylic oxidation sites excluding steroid dienone is 3. The van der Waals surface area contributed by atoms with Crippen LogP contribution in [0, 0.1) is 0 Å². The van der Waals surface area contributed by atoms with E-state index in [9.17, 15) is 43.3 Å². The fraction of sp³-hybridized carbons (Fsp3) is 0.904. The SMILES string of the molecule is CCCCCCCCCCCCCCCC/C=C/CC/C=C/C(O)C(COC1OC(CO)C(O)C(OS(=O)(=O)O)C1O)NC(=O)C(O)CCCCCCCCCCCCCCCCCCC. The second kappa shape index (κ2) is 42.4. The molecule has 1 rings (SSSR count). The van der Waals surface area contributed by atoms with Crippen molar-refractivity contribution < 1.29 is 57.0 Å². The van der Waals surface area contributed by atoms with Crippen LogP contribution >= 0.6 is 0 Å². The quantitative estimate of drug-likeness (QED) is 0.0173. The Kier molecular flexibility index (Phi) is 40.2. The van der Waals surface area contributed by atoms with E-state index in [1.54, 1.807) is 6.08 Å². The summed E-state index contributed by atoms with van der Waals surface area (Å²) in [6.07, 6.45) is 38.3. The Bertz CT molecular complexity index is 1290. The number of aliphatic hydroxyl groups excluding tert-OH is 5. The van der Waals surface area contributed by atoms with Crippen LogP contribution in [0.5, 0.6) is 0 Å². The van der Waals surface area contributed by atoms with Gasteiger partial charge in [-0.05, 0) is 32.1 Å². The van der Waals surface area contributed by atoms with Gasteiger partial charge in [0.25, 0.3) is 0 Å². The van der Waals surface area contributed by atoms with E-state index >= 15 is 0 Å². The van der Waals surface area contributed by atoms with Crippen molar-refractivity contribution in [2.45, 2.75) is 288 Å². The molecular weight excluding hydrogens is 863 g/mol. The molecule has 0 aromatic heterocycles. The molecule has 1 saturated heterocycles. The molecule has 13 nitrogen and oxygen atoms in total. The zero-order valence-corrected chi connectivity index (χ0v) is 42.4. The van der Waals surface area contributed by atoms with Crippen LogP contribution in [0.15, 0.2) is 24.3 Å². The van der Waals surface area contributed by atoms with Gasteiger partial charge in [-0.3, -0.25) is 9.35 Å². The predicted molar refractivity (Wildman–Crippen MR) is 265 cm³/mol. The van der Waals surface area contributed by atoms with Crippen LogP contribution in [-0.2, 0) is 28.9 Å². The van der Waals surface area contributed by atoms with Crippen molar-refractivity contribution in [3.05, 3.63) is 24.3 Å². The van der Waals surface area contributed by atoms with Crippen LogP contribution in [0.1, 0.15) is 239 Å². The van der Waals surface area contributed by atoms with Gasteiger partial charge in [-0.1, -0.05) is 231 Å². The van der Waals surface area contributed by atoms with Gasteiger partial charge in [-0.2, -0.15) is 8.42 Å². The van der Waals surface area contributed by atoms with Crippen molar-refractivity contribution in [1.29, 1.82) is 0 Å². The molecule has 1 aliphatic heterocycles. The third kappa shape index (κ3) is 33.9. The van der Waals surface area contributed by atoms with Crippen molar-refractivity contribution in [2.75, 3.05) is 13.2 Å². The van der Waals surface area contributed by atoms with Crippen LogP contribution < -0.4 is 5.32 Å². The molecule has 1 heterocycles. The van der Waals surface area contributed by atoms with E-state index in [1.165, 1.54) is 173 Å². The number of carbonyl (C=O) groups is 1. The summed E-state index contributed by atoms with van der Waals surface area (Å²) in [4.78, 5) is 13.2. The summed E-state index contributed by atoms with van der Waals surface area (Å²) in [7, 11) is -5.12. The molecule has 0 aromatic carbocycles. The third-order valence-corrected chi connectivity index (χ3v) is 13.3. The van der Waals surface area contributed by atoms with Gasteiger partial charge in [0.15, 0.2) is 6.29 Å². The molecule has 0 saturated carbocycles. The Hall–Kier alpha value is -1.46. The molecule has 66 heavy (non-hydrogen) atoms. The van der Waals surface area contributed by atoms with Crippen molar-refractivity contribution in [1.82, 2.24) is 5.32 Å². The first-order valence-corrected chi connectivity index (χ1v) is 28.2. The maximum absolute atomic E-state index is 13.2. The lowest BCUT2D eigenvalue weighted by molar-refractivity contribution is -0.298. The zero-order chi connectivity index (χ0) is 48.5. The Labute approximate surface area is 402 Å². The van der Waals surface area contributed by atoms with E-state index < -0.39 is 78.5 Å². The lowest BCUT2D eigenvalue weighted by Crippen LogP contribution is -2.61. The van der Waals surface area contributed by atoms with Gasteiger partial charge >= 0.3 is 10.4 Å². The van der Waals surface area contributed by atoms with Crippen LogP contribution in [0.25, 0.3) is 0 Å². The molecule has 14 heteroatoms. The summed E-state index contributed by atoms with van der Waals surface area (Å²) in [5.74, 6) is -0.708. The monoisotopic (exact) mass is 962 g/mol. The number of carbonyl (C=O) groups excluding carboxylic acids is 1. The van der Waals surface area contributed by atoms with Crippen molar-refractivity contribution in [2.24, 2.45) is 0 Å². The number of nitrogens with one attached hydrogen (secondary N) is 1. The molecule has 0 bridgehead atoms. The summed E-state index contributed by atoms with van der Waals surface area (Å²) in [6.45, 7) is 3.24. The number of rotatable bonds is 46. The van der Waals surface area contributed by atoms with Gasteiger partial charge in [0.05, 0.1) is 25.4 Å². The molecule has 1 amide bonds. The van der Waals surface area contributed by atoms with Gasteiger partial charge in [0.2, 0.25) is 5.91 Å². The molecule has 8 atom stereocenters. The van der Waals surface area contributed by atoms with E-state index in [-0.39, 0.29) is 6.42 Å². The van der Waals surface area contributed by atoms with Gasteiger partial charge in [-0.15, -0.1) is 0 Å². The first-order chi connectivity index (χ1) is 31.9. The topological polar surface area (TPSA) is 212 Å². The average Bonchev–Trinajstić information content (AvgIpc) is 3.29. The summed E-state index contributed by atoms with van der Waals surface area (Å²) in [5, 5.41) is 55.4. The zero-order valence-electron chi connectivity index (χ0n) is 41.6. The summed E-state index contributed by atoms with van der Waals surface area (Å²) in [5.41, 5.74) is 0. The number of unbranched alkanes of at least 4 members (excludes halogenated alkanes) is 31. The molecule has 8 unspecified atom stereocenters. The largest absolute Gasteiger partial charge is 0.397 e. The average molecular weight is 962 g/mol. The minimum Gasteiger partial charge on any atom is -0.394 e. The number of ether oxygens (including phenoxy) is 2. The predicted octanol–water partition coefficient (Wildman–Crippen LogP) is 10.6. The van der Waals surface area contributed by atoms with Gasteiger partial charge < -0.3 is 40.3 Å². The van der Waals surface area contributed by atoms with Crippen LogP contribution in [0.3, 0.4) is 0 Å². The Morgan fingerprint density at radius 1 is 0.606 bits per heavy atom.